The fraction of sp³-hybridized carbons (Fsp3) is 0.889. The van der Waals surface area contributed by atoms with Crippen LogP contribution in [0.2, 0.25) is 0 Å². The van der Waals surface area contributed by atoms with E-state index in [9.17, 15) is 4.79 Å². The summed E-state index contributed by atoms with van der Waals surface area (Å²) in [6, 6.07) is -0.00345. The van der Waals surface area contributed by atoms with Crippen LogP contribution in [0.15, 0.2) is 4.99 Å². The highest BCUT2D eigenvalue weighted by Crippen LogP contribution is 2.36. The second-order valence-corrected chi connectivity index (χ2v) is 6.98. The summed E-state index contributed by atoms with van der Waals surface area (Å²) in [7, 11) is 0. The first-order valence-electron chi connectivity index (χ1n) is 9.20. The van der Waals surface area contributed by atoms with Gasteiger partial charge in [0.25, 0.3) is 0 Å². The first kappa shape index (κ1) is 15.8. The molecular formula is C18H29NO3. The van der Waals surface area contributed by atoms with E-state index < -0.39 is 6.10 Å². The minimum absolute atomic E-state index is 0.00345. The molecular weight excluding hydrogens is 278 g/mol. The highest BCUT2D eigenvalue weighted by atomic mass is 16.6. The Labute approximate surface area is 133 Å². The Bertz CT molecular complexity index is 409. The lowest BCUT2D eigenvalue weighted by Gasteiger charge is -2.27. The van der Waals surface area contributed by atoms with Crippen molar-refractivity contribution in [3.8, 4) is 0 Å². The first-order chi connectivity index (χ1) is 10.8. The van der Waals surface area contributed by atoms with Crippen molar-refractivity contribution in [3.05, 3.63) is 0 Å². The van der Waals surface area contributed by atoms with Crippen LogP contribution in [0.25, 0.3) is 0 Å². The van der Waals surface area contributed by atoms with Gasteiger partial charge in [-0.3, -0.25) is 0 Å². The van der Waals surface area contributed by atoms with E-state index in [1.165, 1.54) is 51.4 Å². The normalized spacial score (nSPS) is 30.7. The number of hydrogen-bond donors (Lipinski definition) is 0. The molecule has 3 rings (SSSR count). The van der Waals surface area contributed by atoms with Gasteiger partial charge < -0.3 is 9.47 Å². The van der Waals surface area contributed by atoms with Crippen LogP contribution in [0.3, 0.4) is 0 Å². The summed E-state index contributed by atoms with van der Waals surface area (Å²) in [5.74, 6) is 1.56. The zero-order valence-electron chi connectivity index (χ0n) is 13.8. The largest absolute Gasteiger partial charge is 0.463 e. The Hall–Kier alpha value is -1.06. The summed E-state index contributed by atoms with van der Waals surface area (Å²) in [6.45, 7) is 2.26. The third-order valence-electron chi connectivity index (χ3n) is 5.44. The van der Waals surface area contributed by atoms with Crippen molar-refractivity contribution in [2.24, 2.45) is 16.8 Å². The van der Waals surface area contributed by atoms with Crippen molar-refractivity contribution in [2.45, 2.75) is 83.3 Å². The van der Waals surface area contributed by atoms with Gasteiger partial charge in [0.1, 0.15) is 6.04 Å². The van der Waals surface area contributed by atoms with Crippen LogP contribution >= 0.6 is 0 Å². The standard InChI is InChI=1S/C18H29NO3/c1-2-21-18(20)16-15(13-9-5-3-6-10-13)19-17(22-16)14-11-7-4-8-12-14/h13-16H,2-12H2,1H3. The van der Waals surface area contributed by atoms with E-state index in [4.69, 9.17) is 14.5 Å². The summed E-state index contributed by atoms with van der Waals surface area (Å²) in [5, 5.41) is 0. The highest BCUT2D eigenvalue weighted by molar-refractivity contribution is 5.87. The van der Waals surface area contributed by atoms with Gasteiger partial charge in [-0.05, 0) is 38.5 Å². The van der Waals surface area contributed by atoms with Crippen molar-refractivity contribution in [1.82, 2.24) is 0 Å². The predicted octanol–water partition coefficient (Wildman–Crippen LogP) is 3.88. The Morgan fingerprint density at radius 2 is 1.73 bits per heavy atom. The zero-order chi connectivity index (χ0) is 15.4. The predicted molar refractivity (Wildman–Crippen MR) is 85.9 cm³/mol. The smallest absolute Gasteiger partial charge is 0.349 e. The number of nitrogens with zero attached hydrogens (tertiary/aromatic N) is 1. The van der Waals surface area contributed by atoms with Gasteiger partial charge in [0.05, 0.1) is 6.61 Å². The number of ether oxygens (including phenoxy) is 2. The van der Waals surface area contributed by atoms with Crippen molar-refractivity contribution < 1.29 is 14.3 Å². The molecule has 0 saturated heterocycles. The molecule has 2 saturated carbocycles. The van der Waals surface area contributed by atoms with E-state index >= 15 is 0 Å². The molecule has 2 fully saturated rings. The van der Waals surface area contributed by atoms with Crippen molar-refractivity contribution in [3.63, 3.8) is 0 Å². The molecule has 2 atom stereocenters. The summed E-state index contributed by atoms with van der Waals surface area (Å²) < 4.78 is 11.3. The van der Waals surface area contributed by atoms with Gasteiger partial charge in [0.2, 0.25) is 6.10 Å². The molecule has 124 valence electrons. The van der Waals surface area contributed by atoms with E-state index in [2.05, 4.69) is 0 Å². The maximum Gasteiger partial charge on any atom is 0.349 e. The van der Waals surface area contributed by atoms with E-state index in [1.54, 1.807) is 0 Å². The van der Waals surface area contributed by atoms with Crippen molar-refractivity contribution in [2.75, 3.05) is 6.61 Å². The van der Waals surface area contributed by atoms with Gasteiger partial charge in [-0.2, -0.15) is 0 Å². The minimum atomic E-state index is -0.486. The molecule has 0 N–H and O–H groups in total. The molecule has 2 aliphatic carbocycles. The average Bonchev–Trinajstić information content (AvgIpc) is 3.02. The molecule has 0 radical (unpaired) electrons. The topological polar surface area (TPSA) is 47.9 Å². The maximum atomic E-state index is 12.3. The summed E-state index contributed by atoms with van der Waals surface area (Å²) in [6.07, 6.45) is 11.8. The Balaban J connectivity index is 1.73. The summed E-state index contributed by atoms with van der Waals surface area (Å²) >= 11 is 0. The summed E-state index contributed by atoms with van der Waals surface area (Å²) in [5.41, 5.74) is 0. The number of carbonyl (C=O) groups is 1. The second kappa shape index (κ2) is 7.47. The van der Waals surface area contributed by atoms with E-state index in [1.807, 2.05) is 6.92 Å². The maximum absolute atomic E-state index is 12.3. The van der Waals surface area contributed by atoms with Crippen molar-refractivity contribution in [1.29, 1.82) is 0 Å². The van der Waals surface area contributed by atoms with Crippen LogP contribution in [0.4, 0.5) is 0 Å². The molecule has 0 spiro atoms. The fourth-order valence-electron chi connectivity index (χ4n) is 4.24. The molecule has 0 bridgehead atoms. The van der Waals surface area contributed by atoms with E-state index in [0.717, 1.165) is 18.7 Å². The molecule has 0 aromatic heterocycles. The second-order valence-electron chi connectivity index (χ2n) is 6.98. The van der Waals surface area contributed by atoms with Gasteiger partial charge in [0, 0.05) is 5.92 Å². The molecule has 1 heterocycles. The molecule has 0 aromatic carbocycles. The molecule has 2 unspecified atom stereocenters. The Kier molecular flexibility index (Phi) is 5.37. The number of aliphatic imine (C=N–C) groups is 1. The monoisotopic (exact) mass is 307 g/mol. The average molecular weight is 307 g/mol. The summed E-state index contributed by atoms with van der Waals surface area (Å²) in [4.78, 5) is 17.2. The number of esters is 1. The number of rotatable bonds is 4. The lowest BCUT2D eigenvalue weighted by molar-refractivity contribution is -0.152. The van der Waals surface area contributed by atoms with Gasteiger partial charge in [-0.25, -0.2) is 9.79 Å². The minimum Gasteiger partial charge on any atom is -0.463 e. The van der Waals surface area contributed by atoms with E-state index in [-0.39, 0.29) is 12.0 Å². The number of hydrogen-bond acceptors (Lipinski definition) is 4. The molecule has 4 nitrogen and oxygen atoms in total. The van der Waals surface area contributed by atoms with Gasteiger partial charge >= 0.3 is 5.97 Å². The highest BCUT2D eigenvalue weighted by Gasteiger charge is 2.44. The van der Waals surface area contributed by atoms with Gasteiger partial charge in [-0.15, -0.1) is 0 Å². The van der Waals surface area contributed by atoms with Crippen LogP contribution in [0.1, 0.15) is 71.1 Å². The quantitative estimate of drug-likeness (QED) is 0.741. The van der Waals surface area contributed by atoms with Crippen LogP contribution < -0.4 is 0 Å². The van der Waals surface area contributed by atoms with Crippen LogP contribution in [0, 0.1) is 11.8 Å². The molecule has 0 amide bonds. The SMILES string of the molecule is CCOC(=O)C1OC(C2CCCCC2)=NC1C1CCCCC1. The van der Waals surface area contributed by atoms with Crippen LogP contribution in [-0.2, 0) is 14.3 Å². The number of carbonyl (C=O) groups excluding carboxylic acids is 1. The molecule has 3 aliphatic rings. The van der Waals surface area contributed by atoms with Crippen LogP contribution in [0.5, 0.6) is 0 Å². The lowest BCUT2D eigenvalue weighted by Crippen LogP contribution is -2.38. The van der Waals surface area contributed by atoms with Gasteiger partial charge in [0.15, 0.2) is 5.90 Å². The van der Waals surface area contributed by atoms with E-state index in [0.29, 0.717) is 18.4 Å². The fourth-order valence-corrected chi connectivity index (χ4v) is 4.24. The Morgan fingerprint density at radius 3 is 2.36 bits per heavy atom. The Morgan fingerprint density at radius 1 is 1.09 bits per heavy atom. The van der Waals surface area contributed by atoms with Crippen molar-refractivity contribution >= 4 is 11.9 Å². The molecule has 4 heteroatoms. The first-order valence-corrected chi connectivity index (χ1v) is 9.20. The zero-order valence-corrected chi connectivity index (χ0v) is 13.8. The molecule has 1 aliphatic heterocycles. The molecule has 22 heavy (non-hydrogen) atoms. The third kappa shape index (κ3) is 3.47. The van der Waals surface area contributed by atoms with Crippen LogP contribution in [-0.4, -0.2) is 30.6 Å². The van der Waals surface area contributed by atoms with Gasteiger partial charge in [-0.1, -0.05) is 38.5 Å². The lowest BCUT2D eigenvalue weighted by atomic mass is 9.82. The third-order valence-corrected chi connectivity index (χ3v) is 5.44. The molecule has 0 aromatic rings.